The van der Waals surface area contributed by atoms with Crippen LogP contribution in [0.3, 0.4) is 0 Å². The molecule has 5 nitrogen and oxygen atoms in total. The molecule has 0 radical (unpaired) electrons. The highest BCUT2D eigenvalue weighted by atomic mass is 32.2. The van der Waals surface area contributed by atoms with Gasteiger partial charge in [0.05, 0.1) is 5.25 Å². The van der Waals surface area contributed by atoms with Gasteiger partial charge in [0.25, 0.3) is 0 Å². The van der Waals surface area contributed by atoms with Crippen molar-refractivity contribution >= 4 is 15.9 Å². The fourth-order valence-electron chi connectivity index (χ4n) is 2.83. The van der Waals surface area contributed by atoms with Gasteiger partial charge in [0.1, 0.15) is 0 Å². The van der Waals surface area contributed by atoms with Crippen LogP contribution in [0.15, 0.2) is 24.3 Å². The van der Waals surface area contributed by atoms with E-state index in [-0.39, 0.29) is 23.3 Å². The molecule has 2 rings (SSSR count). The molecule has 0 aromatic heterocycles. The summed E-state index contributed by atoms with van der Waals surface area (Å²) in [5.41, 5.74) is 2.27. The Balaban J connectivity index is 2.28. The zero-order chi connectivity index (χ0) is 18.1. The molecular formula is C18H28N2O3S. The van der Waals surface area contributed by atoms with Crippen LogP contribution in [-0.4, -0.2) is 32.2 Å². The van der Waals surface area contributed by atoms with Gasteiger partial charge in [-0.25, -0.2) is 13.1 Å². The standard InChI is InChI=1S/C18H28N2O3S/c1-12(2)24(22,23)20-16-11-19-17(21)10-15(16)13-6-8-14(9-7-13)18(3,4)5/h6-9,12,15-16,20H,10-11H2,1-5H3,(H,19,21). The summed E-state index contributed by atoms with van der Waals surface area (Å²) >= 11 is 0. The Morgan fingerprint density at radius 3 is 2.25 bits per heavy atom. The van der Waals surface area contributed by atoms with E-state index in [4.69, 9.17) is 0 Å². The maximum atomic E-state index is 12.2. The first kappa shape index (κ1) is 18.9. The van der Waals surface area contributed by atoms with Crippen LogP contribution in [0.1, 0.15) is 58.1 Å². The fourth-order valence-corrected chi connectivity index (χ4v) is 3.77. The third kappa shape index (κ3) is 4.36. The van der Waals surface area contributed by atoms with E-state index in [1.807, 2.05) is 12.1 Å². The Bertz CT molecular complexity index is 688. The lowest BCUT2D eigenvalue weighted by Gasteiger charge is -2.33. The van der Waals surface area contributed by atoms with Crippen molar-refractivity contribution in [3.63, 3.8) is 0 Å². The summed E-state index contributed by atoms with van der Waals surface area (Å²) < 4.78 is 27.2. The van der Waals surface area contributed by atoms with Gasteiger partial charge >= 0.3 is 0 Å². The number of carbonyl (C=O) groups is 1. The Hall–Kier alpha value is -1.40. The van der Waals surface area contributed by atoms with Crippen molar-refractivity contribution in [3.05, 3.63) is 35.4 Å². The van der Waals surface area contributed by atoms with Gasteiger partial charge in [-0.05, 0) is 30.4 Å². The third-order valence-corrected chi connectivity index (χ3v) is 6.42. The summed E-state index contributed by atoms with van der Waals surface area (Å²) in [6.45, 7) is 10.1. The molecular weight excluding hydrogens is 324 g/mol. The second-order valence-corrected chi connectivity index (χ2v) is 10.1. The quantitative estimate of drug-likeness (QED) is 0.873. The average molecular weight is 353 g/mol. The van der Waals surface area contributed by atoms with Crippen LogP contribution in [0.5, 0.6) is 0 Å². The second-order valence-electron chi connectivity index (χ2n) is 7.80. The van der Waals surface area contributed by atoms with Crippen molar-refractivity contribution < 1.29 is 13.2 Å². The van der Waals surface area contributed by atoms with Crippen LogP contribution in [0.2, 0.25) is 0 Å². The maximum Gasteiger partial charge on any atom is 0.220 e. The van der Waals surface area contributed by atoms with Crippen LogP contribution >= 0.6 is 0 Å². The highest BCUT2D eigenvalue weighted by molar-refractivity contribution is 7.90. The van der Waals surface area contributed by atoms with Gasteiger partial charge in [0, 0.05) is 24.9 Å². The van der Waals surface area contributed by atoms with Gasteiger partial charge in [-0.1, -0.05) is 45.0 Å². The van der Waals surface area contributed by atoms with Crippen molar-refractivity contribution in [3.8, 4) is 0 Å². The molecule has 0 saturated carbocycles. The molecule has 1 amide bonds. The maximum absolute atomic E-state index is 12.2. The molecule has 1 heterocycles. The normalized spacial score (nSPS) is 22.5. The van der Waals surface area contributed by atoms with E-state index in [9.17, 15) is 13.2 Å². The zero-order valence-corrected chi connectivity index (χ0v) is 15.9. The van der Waals surface area contributed by atoms with Crippen molar-refractivity contribution in [2.24, 2.45) is 0 Å². The van der Waals surface area contributed by atoms with E-state index < -0.39 is 15.3 Å². The Labute approximate surface area is 145 Å². The number of rotatable bonds is 4. The van der Waals surface area contributed by atoms with E-state index >= 15 is 0 Å². The molecule has 6 heteroatoms. The SMILES string of the molecule is CC(C)S(=O)(=O)NC1CNC(=O)CC1c1ccc(C(C)(C)C)cc1. The Kier molecular flexibility index (Phi) is 5.40. The molecule has 1 aliphatic rings. The Morgan fingerprint density at radius 2 is 1.75 bits per heavy atom. The minimum absolute atomic E-state index is 0.0418. The summed E-state index contributed by atoms with van der Waals surface area (Å²) in [5, 5.41) is 2.26. The summed E-state index contributed by atoms with van der Waals surface area (Å²) in [6, 6.07) is 7.84. The Morgan fingerprint density at radius 1 is 1.17 bits per heavy atom. The number of carbonyl (C=O) groups excluding carboxylic acids is 1. The number of benzene rings is 1. The zero-order valence-electron chi connectivity index (χ0n) is 15.1. The van der Waals surface area contributed by atoms with E-state index in [1.54, 1.807) is 13.8 Å². The number of piperidine rings is 1. The minimum Gasteiger partial charge on any atom is -0.354 e. The predicted molar refractivity (Wildman–Crippen MR) is 96.5 cm³/mol. The van der Waals surface area contributed by atoms with Crippen LogP contribution in [0.4, 0.5) is 0 Å². The first-order chi connectivity index (χ1) is 11.0. The number of sulfonamides is 1. The van der Waals surface area contributed by atoms with Crippen LogP contribution < -0.4 is 10.0 Å². The van der Waals surface area contributed by atoms with Gasteiger partial charge in [-0.3, -0.25) is 4.79 Å². The lowest BCUT2D eigenvalue weighted by molar-refractivity contribution is -0.123. The number of nitrogens with one attached hydrogen (secondary N) is 2. The van der Waals surface area contributed by atoms with Crippen LogP contribution in [0.25, 0.3) is 0 Å². The molecule has 1 aromatic carbocycles. The van der Waals surface area contributed by atoms with Crippen molar-refractivity contribution in [1.82, 2.24) is 10.0 Å². The molecule has 1 fully saturated rings. The van der Waals surface area contributed by atoms with Gasteiger partial charge in [0.15, 0.2) is 0 Å². The first-order valence-electron chi connectivity index (χ1n) is 8.39. The number of hydrogen-bond donors (Lipinski definition) is 2. The van der Waals surface area contributed by atoms with Gasteiger partial charge in [-0.2, -0.15) is 0 Å². The molecule has 2 unspecified atom stereocenters. The number of amides is 1. The van der Waals surface area contributed by atoms with Crippen molar-refractivity contribution in [1.29, 1.82) is 0 Å². The van der Waals surface area contributed by atoms with Gasteiger partial charge < -0.3 is 5.32 Å². The van der Waals surface area contributed by atoms with E-state index in [0.717, 1.165) is 5.56 Å². The first-order valence-corrected chi connectivity index (χ1v) is 9.93. The molecule has 0 spiro atoms. The van der Waals surface area contributed by atoms with Gasteiger partial charge in [0.2, 0.25) is 15.9 Å². The lowest BCUT2D eigenvalue weighted by Crippen LogP contribution is -2.53. The summed E-state index contributed by atoms with van der Waals surface area (Å²) in [6.07, 6.45) is 0.292. The highest BCUT2D eigenvalue weighted by Gasteiger charge is 2.34. The van der Waals surface area contributed by atoms with Gasteiger partial charge in [-0.15, -0.1) is 0 Å². The summed E-state index contributed by atoms with van der Waals surface area (Å²) in [4.78, 5) is 11.8. The lowest BCUT2D eigenvalue weighted by atomic mass is 9.82. The second kappa shape index (κ2) is 6.84. The fraction of sp³-hybridized carbons (Fsp3) is 0.611. The molecule has 134 valence electrons. The monoisotopic (exact) mass is 352 g/mol. The van der Waals surface area contributed by atoms with E-state index in [0.29, 0.717) is 13.0 Å². The van der Waals surface area contributed by atoms with E-state index in [2.05, 4.69) is 42.9 Å². The highest BCUT2D eigenvalue weighted by Crippen LogP contribution is 2.29. The van der Waals surface area contributed by atoms with Crippen molar-refractivity contribution in [2.45, 2.75) is 63.7 Å². The topological polar surface area (TPSA) is 75.3 Å². The minimum atomic E-state index is -3.39. The summed E-state index contributed by atoms with van der Waals surface area (Å²) in [7, 11) is -3.39. The molecule has 1 aromatic rings. The molecule has 0 bridgehead atoms. The smallest absolute Gasteiger partial charge is 0.220 e. The van der Waals surface area contributed by atoms with Crippen LogP contribution in [-0.2, 0) is 20.2 Å². The van der Waals surface area contributed by atoms with Crippen molar-refractivity contribution in [2.75, 3.05) is 6.54 Å². The predicted octanol–water partition coefficient (Wildman–Crippen LogP) is 2.28. The average Bonchev–Trinajstić information content (AvgIpc) is 2.48. The van der Waals surface area contributed by atoms with Crippen LogP contribution in [0, 0.1) is 0 Å². The van der Waals surface area contributed by atoms with E-state index in [1.165, 1.54) is 5.56 Å². The molecule has 1 aliphatic heterocycles. The number of hydrogen-bond acceptors (Lipinski definition) is 3. The molecule has 24 heavy (non-hydrogen) atoms. The molecule has 1 saturated heterocycles. The molecule has 2 N–H and O–H groups in total. The summed E-state index contributed by atoms with van der Waals surface area (Å²) in [5.74, 6) is -0.193. The third-order valence-electron chi connectivity index (χ3n) is 4.55. The largest absolute Gasteiger partial charge is 0.354 e. The molecule has 0 aliphatic carbocycles. The molecule has 2 atom stereocenters.